The largest absolute Gasteiger partial charge is 0.397 e. The molecule has 1 aliphatic rings. The average molecular weight is 223 g/mol. The Hall–Kier alpha value is -1.03. The van der Waals surface area contributed by atoms with Crippen molar-refractivity contribution >= 4 is 28.8 Å². The smallest absolute Gasteiger partial charge is 0.0568 e. The summed E-state index contributed by atoms with van der Waals surface area (Å²) in [6.07, 6.45) is 0. The molecule has 1 aromatic rings. The quantitative estimate of drug-likeness (QED) is 0.713. The molecule has 1 fully saturated rings. The summed E-state index contributed by atoms with van der Waals surface area (Å²) in [5.74, 6) is 1.19. The first kappa shape index (κ1) is 10.5. The first-order chi connectivity index (χ1) is 7.16. The summed E-state index contributed by atoms with van der Waals surface area (Å²) in [4.78, 5) is 2.37. The normalized spacial score (nSPS) is 21.7. The van der Waals surface area contributed by atoms with Crippen LogP contribution in [-0.4, -0.2) is 24.1 Å². The molecule has 1 heterocycles. The van der Waals surface area contributed by atoms with Crippen LogP contribution in [-0.2, 0) is 0 Å². The lowest BCUT2D eigenvalue weighted by Crippen LogP contribution is -2.36. The van der Waals surface area contributed by atoms with Crippen molar-refractivity contribution in [2.75, 3.05) is 35.2 Å². The van der Waals surface area contributed by atoms with E-state index in [4.69, 9.17) is 11.5 Å². The van der Waals surface area contributed by atoms with Crippen LogP contribution in [0.1, 0.15) is 6.92 Å². The second-order valence-electron chi connectivity index (χ2n) is 3.94. The predicted molar refractivity (Wildman–Crippen MR) is 69.4 cm³/mol. The van der Waals surface area contributed by atoms with Gasteiger partial charge in [0.05, 0.1) is 11.4 Å². The SMILES string of the molecule is CC1CN(c2ccc(N)c(N)c2)CCS1. The molecule has 1 aromatic carbocycles. The summed E-state index contributed by atoms with van der Waals surface area (Å²) in [5.41, 5.74) is 14.0. The third-order valence-corrected chi connectivity index (χ3v) is 3.81. The van der Waals surface area contributed by atoms with Gasteiger partial charge in [-0.15, -0.1) is 0 Å². The number of nitrogens with two attached hydrogens (primary N) is 2. The summed E-state index contributed by atoms with van der Waals surface area (Å²) in [6.45, 7) is 4.45. The maximum Gasteiger partial charge on any atom is 0.0568 e. The third kappa shape index (κ3) is 2.31. The van der Waals surface area contributed by atoms with Crippen LogP contribution in [0.25, 0.3) is 0 Å². The highest BCUT2D eigenvalue weighted by molar-refractivity contribution is 8.00. The standard InChI is InChI=1S/C11H17N3S/c1-8-7-14(4-5-15-8)9-2-3-10(12)11(13)6-9/h2-3,6,8H,4-5,7,12-13H2,1H3. The van der Waals surface area contributed by atoms with Crippen molar-refractivity contribution in [2.45, 2.75) is 12.2 Å². The Morgan fingerprint density at radius 1 is 1.33 bits per heavy atom. The Balaban J connectivity index is 2.18. The van der Waals surface area contributed by atoms with Gasteiger partial charge in [0.15, 0.2) is 0 Å². The lowest BCUT2D eigenvalue weighted by atomic mass is 10.2. The molecule has 3 nitrogen and oxygen atoms in total. The summed E-state index contributed by atoms with van der Waals surface area (Å²) in [7, 11) is 0. The molecule has 0 bridgehead atoms. The Bertz CT molecular complexity index is 354. The zero-order valence-corrected chi connectivity index (χ0v) is 9.76. The molecule has 1 unspecified atom stereocenters. The van der Waals surface area contributed by atoms with Gasteiger partial charge in [-0.05, 0) is 18.2 Å². The number of rotatable bonds is 1. The van der Waals surface area contributed by atoms with Crippen LogP contribution in [0.15, 0.2) is 18.2 Å². The maximum atomic E-state index is 5.81. The molecule has 1 atom stereocenters. The fourth-order valence-electron chi connectivity index (χ4n) is 1.81. The molecule has 2 rings (SSSR count). The fourth-order valence-corrected chi connectivity index (χ4v) is 2.83. The van der Waals surface area contributed by atoms with Gasteiger partial charge >= 0.3 is 0 Å². The monoisotopic (exact) mass is 223 g/mol. The lowest BCUT2D eigenvalue weighted by molar-refractivity contribution is 0.783. The number of anilines is 3. The van der Waals surface area contributed by atoms with Gasteiger partial charge in [-0.1, -0.05) is 6.92 Å². The van der Waals surface area contributed by atoms with E-state index in [2.05, 4.69) is 17.9 Å². The summed E-state index contributed by atoms with van der Waals surface area (Å²) in [5, 5.41) is 0.692. The van der Waals surface area contributed by atoms with Crippen molar-refractivity contribution in [3.63, 3.8) is 0 Å². The molecule has 0 spiro atoms. The van der Waals surface area contributed by atoms with Crippen LogP contribution in [0.5, 0.6) is 0 Å². The topological polar surface area (TPSA) is 55.3 Å². The molecule has 1 aliphatic heterocycles. The summed E-state index contributed by atoms with van der Waals surface area (Å²) < 4.78 is 0. The molecular formula is C11H17N3S. The fraction of sp³-hybridized carbons (Fsp3) is 0.455. The second-order valence-corrected chi connectivity index (χ2v) is 5.49. The highest BCUT2D eigenvalue weighted by Crippen LogP contribution is 2.27. The third-order valence-electron chi connectivity index (χ3n) is 2.68. The lowest BCUT2D eigenvalue weighted by Gasteiger charge is -2.32. The van der Waals surface area contributed by atoms with Gasteiger partial charge < -0.3 is 16.4 Å². The highest BCUT2D eigenvalue weighted by Gasteiger charge is 2.17. The molecule has 0 aliphatic carbocycles. The van der Waals surface area contributed by atoms with Crippen molar-refractivity contribution in [1.29, 1.82) is 0 Å². The van der Waals surface area contributed by atoms with Crippen LogP contribution in [0.4, 0.5) is 17.1 Å². The van der Waals surface area contributed by atoms with Gasteiger partial charge in [0.25, 0.3) is 0 Å². The number of nitrogens with zero attached hydrogens (tertiary/aromatic N) is 1. The van der Waals surface area contributed by atoms with E-state index in [-0.39, 0.29) is 0 Å². The van der Waals surface area contributed by atoms with Crippen LogP contribution >= 0.6 is 11.8 Å². The number of benzene rings is 1. The molecule has 4 heteroatoms. The molecule has 82 valence electrons. The van der Waals surface area contributed by atoms with Gasteiger partial charge in [-0.3, -0.25) is 0 Å². The van der Waals surface area contributed by atoms with Crippen molar-refractivity contribution in [1.82, 2.24) is 0 Å². The van der Waals surface area contributed by atoms with E-state index in [1.54, 1.807) is 0 Å². The Morgan fingerprint density at radius 2 is 2.13 bits per heavy atom. The minimum absolute atomic E-state index is 0.665. The van der Waals surface area contributed by atoms with Crippen LogP contribution in [0.3, 0.4) is 0 Å². The van der Waals surface area contributed by atoms with Gasteiger partial charge in [0, 0.05) is 29.8 Å². The van der Waals surface area contributed by atoms with Crippen molar-refractivity contribution in [3.05, 3.63) is 18.2 Å². The number of nitrogen functional groups attached to an aromatic ring is 2. The van der Waals surface area contributed by atoms with Gasteiger partial charge in [0.2, 0.25) is 0 Å². The first-order valence-electron chi connectivity index (χ1n) is 5.18. The van der Waals surface area contributed by atoms with Crippen molar-refractivity contribution < 1.29 is 0 Å². The van der Waals surface area contributed by atoms with E-state index in [0.717, 1.165) is 13.1 Å². The Kier molecular flexibility index (Phi) is 2.95. The van der Waals surface area contributed by atoms with E-state index in [1.807, 2.05) is 23.9 Å². The molecule has 0 radical (unpaired) electrons. The van der Waals surface area contributed by atoms with E-state index in [9.17, 15) is 0 Å². The average Bonchev–Trinajstić information content (AvgIpc) is 2.22. The Morgan fingerprint density at radius 3 is 2.80 bits per heavy atom. The molecule has 1 saturated heterocycles. The highest BCUT2D eigenvalue weighted by atomic mass is 32.2. The minimum Gasteiger partial charge on any atom is -0.397 e. The molecule has 15 heavy (non-hydrogen) atoms. The molecule has 0 amide bonds. The van der Waals surface area contributed by atoms with E-state index in [1.165, 1.54) is 11.4 Å². The van der Waals surface area contributed by atoms with E-state index >= 15 is 0 Å². The molecule has 0 aromatic heterocycles. The van der Waals surface area contributed by atoms with Crippen LogP contribution in [0, 0.1) is 0 Å². The Labute approximate surface area is 94.8 Å². The van der Waals surface area contributed by atoms with E-state index in [0.29, 0.717) is 16.6 Å². The van der Waals surface area contributed by atoms with Crippen LogP contribution in [0.2, 0.25) is 0 Å². The first-order valence-corrected chi connectivity index (χ1v) is 6.23. The van der Waals surface area contributed by atoms with Crippen molar-refractivity contribution in [2.24, 2.45) is 0 Å². The second kappa shape index (κ2) is 4.23. The predicted octanol–water partition coefficient (Wildman–Crippen LogP) is 1.79. The summed E-state index contributed by atoms with van der Waals surface area (Å²) >= 11 is 2.03. The number of thioether (sulfide) groups is 1. The van der Waals surface area contributed by atoms with Gasteiger partial charge in [0.1, 0.15) is 0 Å². The summed E-state index contributed by atoms with van der Waals surface area (Å²) in [6, 6.07) is 5.91. The van der Waals surface area contributed by atoms with Crippen LogP contribution < -0.4 is 16.4 Å². The zero-order chi connectivity index (χ0) is 10.8. The molecule has 0 saturated carbocycles. The number of hydrogen-bond acceptors (Lipinski definition) is 4. The zero-order valence-electron chi connectivity index (χ0n) is 8.94. The molecular weight excluding hydrogens is 206 g/mol. The van der Waals surface area contributed by atoms with E-state index < -0.39 is 0 Å². The molecule has 4 N–H and O–H groups in total. The minimum atomic E-state index is 0.665. The van der Waals surface area contributed by atoms with Gasteiger partial charge in [-0.2, -0.15) is 11.8 Å². The number of hydrogen-bond donors (Lipinski definition) is 2. The van der Waals surface area contributed by atoms with Gasteiger partial charge in [-0.25, -0.2) is 0 Å². The van der Waals surface area contributed by atoms with Crippen molar-refractivity contribution in [3.8, 4) is 0 Å². The maximum absolute atomic E-state index is 5.81.